The van der Waals surface area contributed by atoms with Gasteiger partial charge in [-0.15, -0.1) is 0 Å². The second-order valence-electron chi connectivity index (χ2n) is 5.36. The quantitative estimate of drug-likeness (QED) is 0.901. The Morgan fingerprint density at radius 3 is 2.76 bits per heavy atom. The number of carbonyl (C=O) groups is 2. The lowest BCUT2D eigenvalue weighted by atomic mass is 9.82. The van der Waals surface area contributed by atoms with E-state index in [0.29, 0.717) is 19.6 Å². The Hall–Kier alpha value is -1.88. The lowest BCUT2D eigenvalue weighted by molar-refractivity contribution is -0.152. The molecule has 0 aliphatic carbocycles. The lowest BCUT2D eigenvalue weighted by Gasteiger charge is -2.40. The van der Waals surface area contributed by atoms with Crippen LogP contribution in [0.3, 0.4) is 0 Å². The standard InChI is InChI=1S/C16H21NO4/c1-11-5-3-4-6-12(11)15-13(16(19)20)7-8-14(18)17(15)9-10-21-2/h3-6,13,15H,7-10H2,1-2H3,(H,19,20). The predicted molar refractivity (Wildman–Crippen MR) is 77.9 cm³/mol. The van der Waals surface area contributed by atoms with Crippen LogP contribution in [0.1, 0.15) is 30.0 Å². The molecule has 0 bridgehead atoms. The highest BCUT2D eigenvalue weighted by atomic mass is 16.5. The smallest absolute Gasteiger partial charge is 0.308 e. The van der Waals surface area contributed by atoms with E-state index in [-0.39, 0.29) is 12.3 Å². The summed E-state index contributed by atoms with van der Waals surface area (Å²) in [6, 6.07) is 7.24. The number of aliphatic carboxylic acids is 1. The molecule has 0 spiro atoms. The van der Waals surface area contributed by atoms with Gasteiger partial charge in [-0.1, -0.05) is 24.3 Å². The largest absolute Gasteiger partial charge is 0.481 e. The van der Waals surface area contributed by atoms with Gasteiger partial charge in [-0.05, 0) is 24.5 Å². The normalized spacial score (nSPS) is 22.4. The maximum absolute atomic E-state index is 12.2. The molecule has 1 aromatic carbocycles. The number of likely N-dealkylation sites (tertiary alicyclic amines) is 1. The molecule has 5 nitrogen and oxygen atoms in total. The Morgan fingerprint density at radius 1 is 1.43 bits per heavy atom. The minimum Gasteiger partial charge on any atom is -0.481 e. The topological polar surface area (TPSA) is 66.8 Å². The molecule has 5 heteroatoms. The highest BCUT2D eigenvalue weighted by Crippen LogP contribution is 2.38. The number of aryl methyl sites for hydroxylation is 1. The number of methoxy groups -OCH3 is 1. The minimum absolute atomic E-state index is 0.00203. The summed E-state index contributed by atoms with van der Waals surface area (Å²) in [4.78, 5) is 25.5. The van der Waals surface area contributed by atoms with Gasteiger partial charge in [-0.2, -0.15) is 0 Å². The van der Waals surface area contributed by atoms with E-state index in [0.717, 1.165) is 11.1 Å². The fourth-order valence-corrected chi connectivity index (χ4v) is 2.97. The molecular formula is C16H21NO4. The van der Waals surface area contributed by atoms with Gasteiger partial charge in [0.05, 0.1) is 18.6 Å². The average molecular weight is 291 g/mol. The van der Waals surface area contributed by atoms with Crippen LogP contribution in [0.4, 0.5) is 0 Å². The van der Waals surface area contributed by atoms with Crippen molar-refractivity contribution in [2.75, 3.05) is 20.3 Å². The summed E-state index contributed by atoms with van der Waals surface area (Å²) in [6.07, 6.45) is 0.666. The van der Waals surface area contributed by atoms with Crippen LogP contribution in [-0.4, -0.2) is 42.1 Å². The molecule has 1 N–H and O–H groups in total. The maximum Gasteiger partial charge on any atom is 0.308 e. The van der Waals surface area contributed by atoms with Gasteiger partial charge in [0, 0.05) is 20.1 Å². The number of carboxylic acids is 1. The molecule has 0 saturated carbocycles. The van der Waals surface area contributed by atoms with E-state index < -0.39 is 17.9 Å². The number of benzene rings is 1. The number of ether oxygens (including phenoxy) is 1. The SMILES string of the molecule is COCCN1C(=O)CCC(C(=O)O)C1c1ccccc1C. The molecule has 0 radical (unpaired) electrons. The third kappa shape index (κ3) is 3.24. The molecular weight excluding hydrogens is 270 g/mol. The zero-order valence-corrected chi connectivity index (χ0v) is 12.4. The highest BCUT2D eigenvalue weighted by molar-refractivity contribution is 5.82. The number of rotatable bonds is 5. The first kappa shape index (κ1) is 15.5. The molecule has 2 unspecified atom stereocenters. The number of nitrogens with zero attached hydrogens (tertiary/aromatic N) is 1. The van der Waals surface area contributed by atoms with E-state index in [4.69, 9.17) is 4.74 Å². The number of piperidine rings is 1. The van der Waals surface area contributed by atoms with E-state index in [9.17, 15) is 14.7 Å². The molecule has 1 aliphatic heterocycles. The van der Waals surface area contributed by atoms with Crippen LogP contribution in [-0.2, 0) is 14.3 Å². The van der Waals surface area contributed by atoms with E-state index in [2.05, 4.69) is 0 Å². The van der Waals surface area contributed by atoms with Crippen LogP contribution < -0.4 is 0 Å². The number of carboxylic acid groups (broad SMARTS) is 1. The third-order valence-corrected chi connectivity index (χ3v) is 4.07. The van der Waals surface area contributed by atoms with Crippen LogP contribution in [0.25, 0.3) is 0 Å². The second kappa shape index (κ2) is 6.72. The van der Waals surface area contributed by atoms with Crippen molar-refractivity contribution >= 4 is 11.9 Å². The number of hydrogen-bond acceptors (Lipinski definition) is 3. The Labute approximate surface area is 124 Å². The summed E-state index contributed by atoms with van der Waals surface area (Å²) in [5.74, 6) is -1.42. The van der Waals surface area contributed by atoms with Crippen molar-refractivity contribution in [3.05, 3.63) is 35.4 Å². The van der Waals surface area contributed by atoms with Crippen molar-refractivity contribution in [3.63, 3.8) is 0 Å². The molecule has 1 saturated heterocycles. The molecule has 0 aromatic heterocycles. The molecule has 114 valence electrons. The zero-order valence-electron chi connectivity index (χ0n) is 12.4. The summed E-state index contributed by atoms with van der Waals surface area (Å²) in [5, 5.41) is 9.52. The van der Waals surface area contributed by atoms with Gasteiger partial charge in [0.25, 0.3) is 0 Å². The van der Waals surface area contributed by atoms with Crippen LogP contribution in [0.5, 0.6) is 0 Å². The van der Waals surface area contributed by atoms with Gasteiger partial charge in [-0.3, -0.25) is 9.59 Å². The number of hydrogen-bond donors (Lipinski definition) is 1. The van der Waals surface area contributed by atoms with Gasteiger partial charge >= 0.3 is 5.97 Å². The lowest BCUT2D eigenvalue weighted by Crippen LogP contribution is -2.46. The number of carbonyl (C=O) groups excluding carboxylic acids is 1. The first-order chi connectivity index (χ1) is 10.1. The second-order valence-corrected chi connectivity index (χ2v) is 5.36. The van der Waals surface area contributed by atoms with Crippen LogP contribution in [0.2, 0.25) is 0 Å². The Balaban J connectivity index is 2.41. The molecule has 1 amide bonds. The van der Waals surface area contributed by atoms with Crippen LogP contribution >= 0.6 is 0 Å². The van der Waals surface area contributed by atoms with Crippen molar-refractivity contribution in [2.45, 2.75) is 25.8 Å². The fraction of sp³-hybridized carbons (Fsp3) is 0.500. The summed E-state index contributed by atoms with van der Waals surface area (Å²) in [7, 11) is 1.58. The van der Waals surface area contributed by atoms with E-state index >= 15 is 0 Å². The summed E-state index contributed by atoms with van der Waals surface area (Å²) in [5.41, 5.74) is 1.92. The first-order valence-corrected chi connectivity index (χ1v) is 7.13. The van der Waals surface area contributed by atoms with E-state index in [1.54, 1.807) is 12.0 Å². The summed E-state index contributed by atoms with van der Waals surface area (Å²) in [6.45, 7) is 2.76. The van der Waals surface area contributed by atoms with Crippen LogP contribution in [0, 0.1) is 12.8 Å². The van der Waals surface area contributed by atoms with E-state index in [1.807, 2.05) is 31.2 Å². The predicted octanol–water partition coefficient (Wildman–Crippen LogP) is 2.01. The van der Waals surface area contributed by atoms with E-state index in [1.165, 1.54) is 0 Å². The van der Waals surface area contributed by atoms with Crippen molar-refractivity contribution in [1.29, 1.82) is 0 Å². The Bertz CT molecular complexity index is 529. The minimum atomic E-state index is -0.849. The number of amides is 1. The third-order valence-electron chi connectivity index (χ3n) is 4.07. The fourth-order valence-electron chi connectivity index (χ4n) is 2.97. The Morgan fingerprint density at radius 2 is 2.14 bits per heavy atom. The van der Waals surface area contributed by atoms with Crippen molar-refractivity contribution < 1.29 is 19.4 Å². The van der Waals surface area contributed by atoms with Gasteiger partial charge < -0.3 is 14.7 Å². The van der Waals surface area contributed by atoms with Crippen LogP contribution in [0.15, 0.2) is 24.3 Å². The maximum atomic E-state index is 12.2. The molecule has 1 heterocycles. The highest BCUT2D eigenvalue weighted by Gasteiger charge is 2.40. The van der Waals surface area contributed by atoms with Crippen molar-refractivity contribution in [3.8, 4) is 0 Å². The van der Waals surface area contributed by atoms with Crippen molar-refractivity contribution in [2.24, 2.45) is 5.92 Å². The molecule has 21 heavy (non-hydrogen) atoms. The Kier molecular flexibility index (Phi) is 4.96. The molecule has 1 fully saturated rings. The zero-order chi connectivity index (χ0) is 15.4. The summed E-state index contributed by atoms with van der Waals surface area (Å²) >= 11 is 0. The molecule has 2 atom stereocenters. The van der Waals surface area contributed by atoms with Gasteiger partial charge in [0.15, 0.2) is 0 Å². The van der Waals surface area contributed by atoms with Gasteiger partial charge in [0.1, 0.15) is 0 Å². The van der Waals surface area contributed by atoms with Crippen molar-refractivity contribution in [1.82, 2.24) is 4.90 Å². The average Bonchev–Trinajstić information content (AvgIpc) is 2.46. The molecule has 1 aliphatic rings. The monoisotopic (exact) mass is 291 g/mol. The molecule has 2 rings (SSSR count). The van der Waals surface area contributed by atoms with Gasteiger partial charge in [-0.25, -0.2) is 0 Å². The first-order valence-electron chi connectivity index (χ1n) is 7.13. The van der Waals surface area contributed by atoms with Gasteiger partial charge in [0.2, 0.25) is 5.91 Å². The summed E-state index contributed by atoms with van der Waals surface area (Å²) < 4.78 is 5.06. The molecule has 1 aromatic rings.